The molecule has 1 aromatic carbocycles. The van der Waals surface area contributed by atoms with Crippen LogP contribution in [0.4, 0.5) is 17.6 Å². The molecule has 0 fully saturated rings. The average molecular weight is 370 g/mol. The van der Waals surface area contributed by atoms with Gasteiger partial charge >= 0.3 is 6.18 Å². The monoisotopic (exact) mass is 370 g/mol. The number of rotatable bonds is 3. The number of hydrogen-bond acceptors (Lipinski definition) is 4. The van der Waals surface area contributed by atoms with Gasteiger partial charge in [0, 0.05) is 18.9 Å². The van der Waals surface area contributed by atoms with Crippen LogP contribution in [0, 0.1) is 5.82 Å². The van der Waals surface area contributed by atoms with Gasteiger partial charge in [0.05, 0.1) is 5.70 Å². The van der Waals surface area contributed by atoms with Crippen LogP contribution in [-0.4, -0.2) is 42.2 Å². The zero-order valence-electron chi connectivity index (χ0n) is 13.9. The summed E-state index contributed by atoms with van der Waals surface area (Å²) in [6.45, 7) is 6.07. The first-order chi connectivity index (χ1) is 12.1. The van der Waals surface area contributed by atoms with Gasteiger partial charge in [0.25, 0.3) is 0 Å². The molecule has 1 aromatic rings. The number of aliphatic imine (C=N–C) groups is 1. The highest BCUT2D eigenvalue weighted by Crippen LogP contribution is 2.38. The number of halogens is 4. The summed E-state index contributed by atoms with van der Waals surface area (Å²) in [7, 11) is 0. The second-order valence-electron chi connectivity index (χ2n) is 6.07. The Kier molecular flexibility index (Phi) is 4.55. The number of nitrogens with one attached hydrogen (secondary N) is 1. The van der Waals surface area contributed by atoms with Gasteiger partial charge in [-0.25, -0.2) is 14.0 Å². The molecule has 5 nitrogen and oxygen atoms in total. The first-order valence-corrected chi connectivity index (χ1v) is 7.81. The standard InChI is InChI=1S/C17H16F4N3O2/c1-9(25)15-22-13-8-24(2)6-5-11(13)16(23-15)26-14-4-3-10(18)7-12(14)17(19,20)21/h3-4,7,16H,2,5-6,8H2,1H3,(H,22,23)/q+1. The smallest absolute Gasteiger partial charge is 0.420 e. The Bertz CT molecular complexity index is 843. The molecular weight excluding hydrogens is 354 g/mol. The van der Waals surface area contributed by atoms with Crippen molar-refractivity contribution in [3.8, 4) is 5.75 Å². The van der Waals surface area contributed by atoms with Gasteiger partial charge in [-0.3, -0.25) is 4.79 Å². The number of benzene rings is 1. The molecule has 0 bridgehead atoms. The lowest BCUT2D eigenvalue weighted by Crippen LogP contribution is -2.44. The Labute approximate surface area is 146 Å². The Morgan fingerprint density at radius 3 is 2.81 bits per heavy atom. The number of alkyl halides is 3. The lowest BCUT2D eigenvalue weighted by atomic mass is 10.0. The molecule has 1 N–H and O–H groups in total. The molecular formula is C17H16F4N3O2+. The van der Waals surface area contributed by atoms with Gasteiger partial charge in [-0.15, -0.1) is 0 Å². The summed E-state index contributed by atoms with van der Waals surface area (Å²) in [6, 6.07) is 2.18. The van der Waals surface area contributed by atoms with Crippen LogP contribution in [0.2, 0.25) is 0 Å². The second kappa shape index (κ2) is 6.54. The van der Waals surface area contributed by atoms with E-state index in [0.29, 0.717) is 36.8 Å². The van der Waals surface area contributed by atoms with E-state index in [-0.39, 0.29) is 11.6 Å². The minimum absolute atomic E-state index is 0.000259. The zero-order valence-corrected chi connectivity index (χ0v) is 13.9. The van der Waals surface area contributed by atoms with Crippen LogP contribution in [0.3, 0.4) is 0 Å². The molecule has 0 saturated carbocycles. The molecule has 0 aromatic heterocycles. The predicted octanol–water partition coefficient (Wildman–Crippen LogP) is 2.51. The van der Waals surface area contributed by atoms with E-state index in [4.69, 9.17) is 4.74 Å². The summed E-state index contributed by atoms with van der Waals surface area (Å²) >= 11 is 0. The largest absolute Gasteiger partial charge is 0.464 e. The van der Waals surface area contributed by atoms with Crippen molar-refractivity contribution < 1.29 is 31.7 Å². The van der Waals surface area contributed by atoms with E-state index < -0.39 is 29.5 Å². The van der Waals surface area contributed by atoms with E-state index in [0.717, 1.165) is 12.1 Å². The van der Waals surface area contributed by atoms with Crippen LogP contribution in [0.5, 0.6) is 5.75 Å². The van der Waals surface area contributed by atoms with E-state index in [1.165, 1.54) is 6.92 Å². The molecule has 138 valence electrons. The third kappa shape index (κ3) is 3.61. The molecule has 1 atom stereocenters. The van der Waals surface area contributed by atoms with Crippen LogP contribution in [0.25, 0.3) is 0 Å². The van der Waals surface area contributed by atoms with Crippen molar-refractivity contribution in [2.75, 3.05) is 13.1 Å². The Balaban J connectivity index is 2.00. The van der Waals surface area contributed by atoms with Crippen LogP contribution < -0.4 is 10.1 Å². The Morgan fingerprint density at radius 2 is 2.15 bits per heavy atom. The molecule has 0 saturated heterocycles. The predicted molar refractivity (Wildman–Crippen MR) is 85.8 cm³/mol. The molecule has 3 rings (SSSR count). The van der Waals surface area contributed by atoms with E-state index in [1.807, 2.05) is 0 Å². The summed E-state index contributed by atoms with van der Waals surface area (Å²) in [5.41, 5.74) is 0.0480. The fourth-order valence-corrected chi connectivity index (χ4v) is 2.82. The van der Waals surface area contributed by atoms with Crippen molar-refractivity contribution in [1.29, 1.82) is 0 Å². The fourth-order valence-electron chi connectivity index (χ4n) is 2.82. The molecule has 26 heavy (non-hydrogen) atoms. The maximum atomic E-state index is 13.3. The first kappa shape index (κ1) is 18.1. The number of carbonyl (C=O) groups is 1. The van der Waals surface area contributed by atoms with Gasteiger partial charge in [0.15, 0.2) is 18.2 Å². The number of ketones is 1. The summed E-state index contributed by atoms with van der Waals surface area (Å²) in [5.74, 6) is -1.93. The third-order valence-electron chi connectivity index (χ3n) is 4.10. The molecule has 0 radical (unpaired) electrons. The van der Waals surface area contributed by atoms with E-state index in [9.17, 15) is 22.4 Å². The van der Waals surface area contributed by atoms with Crippen LogP contribution >= 0.6 is 0 Å². The fraction of sp³-hybridized carbons (Fsp3) is 0.353. The van der Waals surface area contributed by atoms with Crippen LogP contribution in [0.15, 0.2) is 34.5 Å². The SMILES string of the molecule is C=[N+]1CCC2=C(C1)NC(C(C)=O)=NC2Oc1ccc(F)cc1C(F)(F)F. The number of amidine groups is 1. The minimum atomic E-state index is -4.79. The van der Waals surface area contributed by atoms with Gasteiger partial charge in [-0.1, -0.05) is 0 Å². The van der Waals surface area contributed by atoms with E-state index >= 15 is 0 Å². The maximum Gasteiger partial charge on any atom is 0.420 e. The number of nitrogens with zero attached hydrogens (tertiary/aromatic N) is 2. The molecule has 2 aliphatic heterocycles. The van der Waals surface area contributed by atoms with Crippen LogP contribution in [0.1, 0.15) is 18.9 Å². The first-order valence-electron chi connectivity index (χ1n) is 7.81. The maximum absolute atomic E-state index is 13.3. The summed E-state index contributed by atoms with van der Waals surface area (Å²) < 4.78 is 60.1. The number of hydrogen-bond donors (Lipinski definition) is 1. The van der Waals surface area contributed by atoms with Crippen molar-refractivity contribution in [3.05, 3.63) is 40.8 Å². The normalized spacial score (nSPS) is 20.3. The van der Waals surface area contributed by atoms with Gasteiger partial charge in [0.2, 0.25) is 6.23 Å². The zero-order chi connectivity index (χ0) is 19.1. The molecule has 2 heterocycles. The van der Waals surface area contributed by atoms with Gasteiger partial charge in [-0.2, -0.15) is 13.2 Å². The van der Waals surface area contributed by atoms with Gasteiger partial charge < -0.3 is 10.1 Å². The van der Waals surface area contributed by atoms with Gasteiger partial charge in [0.1, 0.15) is 30.4 Å². The molecule has 0 spiro atoms. The highest BCUT2D eigenvalue weighted by Gasteiger charge is 2.38. The quantitative estimate of drug-likeness (QED) is 0.657. The third-order valence-corrected chi connectivity index (χ3v) is 4.10. The summed E-state index contributed by atoms with van der Waals surface area (Å²) in [5, 5.41) is 2.89. The minimum Gasteiger partial charge on any atom is -0.464 e. The number of Topliss-reactive ketones (excluding diaryl/α,β-unsaturated/α-hetero) is 1. The van der Waals surface area contributed by atoms with Crippen molar-refractivity contribution in [3.63, 3.8) is 0 Å². The van der Waals surface area contributed by atoms with E-state index in [2.05, 4.69) is 17.0 Å². The Morgan fingerprint density at radius 1 is 1.42 bits per heavy atom. The van der Waals surface area contributed by atoms with Gasteiger partial charge in [-0.05, 0) is 18.2 Å². The molecule has 2 aliphatic rings. The van der Waals surface area contributed by atoms with Crippen molar-refractivity contribution in [1.82, 2.24) is 5.32 Å². The van der Waals surface area contributed by atoms with Crippen molar-refractivity contribution >= 4 is 18.3 Å². The van der Waals surface area contributed by atoms with E-state index in [1.54, 1.807) is 4.58 Å². The highest BCUT2D eigenvalue weighted by molar-refractivity contribution is 6.38. The van der Waals surface area contributed by atoms with Crippen molar-refractivity contribution in [2.45, 2.75) is 25.7 Å². The van der Waals surface area contributed by atoms with Crippen molar-refractivity contribution in [2.24, 2.45) is 4.99 Å². The molecule has 1 unspecified atom stereocenters. The molecule has 0 amide bonds. The Hall–Kier alpha value is -2.71. The molecule has 9 heteroatoms. The average Bonchev–Trinajstić information content (AvgIpc) is 2.54. The highest BCUT2D eigenvalue weighted by atomic mass is 19.4. The van der Waals surface area contributed by atoms with Crippen LogP contribution in [-0.2, 0) is 11.0 Å². The number of ether oxygens (including phenoxy) is 1. The topological polar surface area (TPSA) is 53.7 Å². The number of carbonyl (C=O) groups excluding carboxylic acids is 1. The molecule has 0 aliphatic carbocycles. The summed E-state index contributed by atoms with van der Waals surface area (Å²) in [4.78, 5) is 15.8. The lowest BCUT2D eigenvalue weighted by Gasteiger charge is -2.29. The lowest BCUT2D eigenvalue weighted by molar-refractivity contribution is -0.515. The second-order valence-corrected chi connectivity index (χ2v) is 6.07. The summed E-state index contributed by atoms with van der Waals surface area (Å²) in [6.07, 6.45) is -5.41.